The maximum absolute atomic E-state index is 14.1. The van der Waals surface area contributed by atoms with Gasteiger partial charge in [-0.05, 0) is 195 Å². The average molecular weight is 1910 g/mol. The minimum Gasteiger partial charge on any atom is -0.493 e. The molecular weight excluding hydrogens is 1800 g/mol. The van der Waals surface area contributed by atoms with Crippen LogP contribution < -0.4 is 38.2 Å². The number of fused-ring (bicyclic) bond motifs is 4. The number of sulfonamides is 2. The second kappa shape index (κ2) is 38.9. The van der Waals surface area contributed by atoms with E-state index in [1.807, 2.05) is 36.4 Å². The number of hydrogen-bond donors (Lipinski definition) is 4. The van der Waals surface area contributed by atoms with E-state index in [1.165, 1.54) is 70.1 Å². The van der Waals surface area contributed by atoms with Gasteiger partial charge in [0, 0.05) is 201 Å². The number of anilines is 2. The topological polar surface area (TPSA) is 379 Å². The van der Waals surface area contributed by atoms with E-state index in [0.717, 1.165) is 154 Å². The molecule has 0 unspecified atom stereocenters. The number of hydrogen-bond acceptors (Lipinski definition) is 24. The van der Waals surface area contributed by atoms with E-state index in [4.69, 9.17) is 42.1 Å². The number of ether oxygens (including phenoxy) is 4. The predicted molar refractivity (Wildman–Crippen MR) is 513 cm³/mol. The summed E-state index contributed by atoms with van der Waals surface area (Å²) < 4.78 is 119. The van der Waals surface area contributed by atoms with Gasteiger partial charge in [0.1, 0.15) is 45.8 Å². The summed E-state index contributed by atoms with van der Waals surface area (Å²) in [4.78, 5) is 74.9. The van der Waals surface area contributed by atoms with E-state index in [0.29, 0.717) is 84.9 Å². The molecule has 0 spiro atoms. The number of nitrogens with one attached hydrogen (secondary N) is 4. The van der Waals surface area contributed by atoms with Crippen molar-refractivity contribution < 1.29 is 63.6 Å². The third-order valence-electron chi connectivity index (χ3n) is 26.4. The molecule has 0 radical (unpaired) electrons. The Balaban J connectivity index is 0.000000184. The Hall–Kier alpha value is -11.0. The van der Waals surface area contributed by atoms with Gasteiger partial charge in [-0.1, -0.05) is 92.7 Å². The molecule has 696 valence electrons. The molecule has 2 aliphatic carbocycles. The van der Waals surface area contributed by atoms with Crippen molar-refractivity contribution in [1.29, 1.82) is 0 Å². The summed E-state index contributed by atoms with van der Waals surface area (Å²) in [5, 5.41) is 27.7. The molecule has 10 aromatic rings. The number of benzene rings is 6. The number of nitro benzene ring substituents is 2. The summed E-state index contributed by atoms with van der Waals surface area (Å²) in [5.41, 5.74) is 11.0. The Morgan fingerprint density at radius 1 is 0.545 bits per heavy atom. The largest absolute Gasteiger partial charge is 0.493 e. The second-order valence-corrected chi connectivity index (χ2v) is 46.7. The van der Waals surface area contributed by atoms with Crippen LogP contribution in [0.2, 0.25) is 10.0 Å². The lowest BCUT2D eigenvalue weighted by Gasteiger charge is -2.39. The van der Waals surface area contributed by atoms with Crippen LogP contribution in [0.1, 0.15) is 148 Å². The van der Waals surface area contributed by atoms with Crippen LogP contribution in [-0.4, -0.2) is 191 Å². The van der Waals surface area contributed by atoms with Gasteiger partial charge < -0.3 is 38.7 Å². The maximum atomic E-state index is 14.1. The Morgan fingerprint density at radius 2 is 0.962 bits per heavy atom. The quantitative estimate of drug-likeness (QED) is 0.0305. The Morgan fingerprint density at radius 3 is 1.40 bits per heavy atom. The first-order valence-electron chi connectivity index (χ1n) is 45.0. The highest BCUT2D eigenvalue weighted by molar-refractivity contribution is 7.94. The highest BCUT2D eigenvalue weighted by atomic mass is 35.5. The summed E-state index contributed by atoms with van der Waals surface area (Å²) in [6.07, 6.45) is 18.4. The molecule has 6 aliphatic heterocycles. The van der Waals surface area contributed by atoms with Gasteiger partial charge in [-0.25, -0.2) is 53.4 Å². The number of H-pyrrole nitrogens is 2. The zero-order valence-corrected chi connectivity index (χ0v) is 79.0. The average Bonchev–Trinajstić information content (AvgIpc) is 0.824. The fraction of sp³-hybridized carbons (Fsp3) is 0.417. The first kappa shape index (κ1) is 92.9. The van der Waals surface area contributed by atoms with Gasteiger partial charge in [0.25, 0.3) is 43.2 Å². The zero-order chi connectivity index (χ0) is 92.4. The number of pyridine rings is 2. The van der Waals surface area contributed by atoms with Crippen LogP contribution in [0.5, 0.6) is 34.5 Å². The third-order valence-corrected chi connectivity index (χ3v) is 34.5. The first-order chi connectivity index (χ1) is 63.2. The molecule has 10 heterocycles. The molecule has 4 N–H and O–H groups in total. The SMILES string of the molecule is CC1(C)CCC(CN2CCN(c3ccc(C(=O)NS(=O)(=O)c4cc5c(c([N+](=O)[O-])c4)C[C@H](CCN=S4(=O)CCCC4)CO5)c(Oc4cnc5[nH]ccc5c4)c3)CC2)=C(c2ccc(Cl)cc2)C1.CC1(C)CCC(CN2CCN(c3ccc(C(=O)NS(=O)(=O)c4cc5c(c([N+](=O)[O-])c4)C[C@H](CN=S4(=O)CCCCC4)CO5)c(Oc4cnc5[nH]ccc5c4)c3)CC2)=C(c2ccc(Cl)cc2)C1. The van der Waals surface area contributed by atoms with Crippen LogP contribution in [0.4, 0.5) is 22.7 Å². The van der Waals surface area contributed by atoms with Crippen molar-refractivity contribution in [1.82, 2.24) is 39.2 Å². The molecule has 2 amide bonds. The fourth-order valence-electron chi connectivity index (χ4n) is 19.0. The van der Waals surface area contributed by atoms with Gasteiger partial charge in [0.05, 0.1) is 74.0 Å². The van der Waals surface area contributed by atoms with Crippen molar-refractivity contribution in [2.75, 3.05) is 125 Å². The summed E-state index contributed by atoms with van der Waals surface area (Å²) in [7, 11) is -13.8. The fourth-order valence-corrected chi connectivity index (χ4v) is 25.7. The molecular formula is C96H108Cl2N14O16S4. The van der Waals surface area contributed by atoms with Gasteiger partial charge >= 0.3 is 0 Å². The Kier molecular flexibility index (Phi) is 27.4. The molecule has 4 saturated heterocycles. The van der Waals surface area contributed by atoms with Crippen molar-refractivity contribution in [3.8, 4) is 34.5 Å². The standard InChI is InChI=1S/2C48H54ClN7O8S2/c1-48(2)14-11-35(42(28-48)33-5-7-36(49)8-6-33)30-54-17-19-55(20-18-54)37-9-10-40(45(25-37)64-38-24-34-13-15-50-46(34)51-29-38)47(57)53-66(61,62)39-26-43(56(58)59)41-23-32(31-63-44(41)27-39)12-16-52-65(60)21-3-4-22-65;1-48(2)14-12-35(42(27-48)33-6-8-36(49)9-7-33)30-54-16-18-55(19-17-54)37-10-11-40(45(24-37)64-38-23-34-13-15-50-46(34)51-29-38)47(57)53-66(61,62)39-25-43(56(58)59)41-22-32(31-63-44(41)26-39)28-52-65(60)20-4-3-5-21-65/h5-10,13,15,24-27,29,32H,3-4,11-12,14,16-23,28,30-31H2,1-2H3,(H,50,51)(H,53,57);6-11,13,15,23-26,29,32H,3-5,12,14,16-22,27-28,30-31H2,1-2H3,(H,50,51)(H,53,57)/t2*32-/m01/s1. The van der Waals surface area contributed by atoms with Crippen LogP contribution in [0.3, 0.4) is 0 Å². The van der Waals surface area contributed by atoms with Gasteiger partial charge in [0.15, 0.2) is 0 Å². The van der Waals surface area contributed by atoms with Gasteiger partial charge in [-0.3, -0.25) is 39.6 Å². The van der Waals surface area contributed by atoms with Crippen LogP contribution in [-0.2, 0) is 52.3 Å². The number of aromatic amines is 2. The summed E-state index contributed by atoms with van der Waals surface area (Å²) in [6, 6.07) is 37.9. The number of carbonyl (C=O) groups excluding carboxylic acids is 2. The molecule has 6 aromatic carbocycles. The number of piperazine rings is 2. The highest BCUT2D eigenvalue weighted by Gasteiger charge is 2.38. The number of halogens is 2. The molecule has 18 rings (SSSR count). The van der Waals surface area contributed by atoms with E-state index in [9.17, 15) is 55.1 Å². The van der Waals surface area contributed by atoms with Gasteiger partial charge in [0.2, 0.25) is 0 Å². The van der Waals surface area contributed by atoms with Crippen molar-refractivity contribution >= 4 is 130 Å². The number of aromatic nitrogens is 4. The van der Waals surface area contributed by atoms with Crippen molar-refractivity contribution in [2.45, 2.75) is 127 Å². The predicted octanol–water partition coefficient (Wildman–Crippen LogP) is 18.0. The molecule has 36 heteroatoms. The normalized spacial score (nSPS) is 19.7. The molecule has 4 aromatic heterocycles. The van der Waals surface area contributed by atoms with E-state index in [1.54, 1.807) is 48.8 Å². The van der Waals surface area contributed by atoms with E-state index < -0.39 is 82.3 Å². The van der Waals surface area contributed by atoms with Gasteiger partial charge in [-0.15, -0.1) is 0 Å². The number of allylic oxidation sites excluding steroid dienone is 2. The lowest BCUT2D eigenvalue weighted by Crippen LogP contribution is -2.47. The molecule has 30 nitrogen and oxygen atoms in total. The van der Waals surface area contributed by atoms with E-state index in [2.05, 4.69) is 110 Å². The van der Waals surface area contributed by atoms with E-state index in [-0.39, 0.29) is 101 Å². The van der Waals surface area contributed by atoms with Crippen molar-refractivity contribution in [2.24, 2.45) is 31.4 Å². The second-order valence-electron chi connectivity index (χ2n) is 37.2. The van der Waals surface area contributed by atoms with Crippen molar-refractivity contribution in [3.05, 3.63) is 233 Å². The molecule has 8 aliphatic rings. The monoisotopic (exact) mass is 1910 g/mol. The smallest absolute Gasteiger partial charge is 0.277 e. The molecule has 2 atom stereocenters. The molecule has 4 fully saturated rings. The summed E-state index contributed by atoms with van der Waals surface area (Å²) >= 11 is 12.5. The van der Waals surface area contributed by atoms with E-state index >= 15 is 0 Å². The minimum atomic E-state index is -4.67. The first-order valence-corrected chi connectivity index (χ1v) is 52.4. The number of nitro groups is 2. The van der Waals surface area contributed by atoms with Crippen LogP contribution in [0.25, 0.3) is 33.2 Å². The Bertz CT molecular complexity index is 6680. The number of amides is 2. The number of rotatable bonds is 25. The Labute approximate surface area is 778 Å². The van der Waals surface area contributed by atoms with Crippen LogP contribution in [0, 0.1) is 42.9 Å². The lowest BCUT2D eigenvalue weighted by atomic mass is 9.72. The summed E-state index contributed by atoms with van der Waals surface area (Å²) in [6.45, 7) is 18.0. The molecule has 132 heavy (non-hydrogen) atoms. The minimum absolute atomic E-state index is 0.0395. The van der Waals surface area contributed by atoms with Gasteiger partial charge in [-0.2, -0.15) is 0 Å². The maximum Gasteiger partial charge on any atom is 0.277 e. The molecule has 0 saturated carbocycles. The lowest BCUT2D eigenvalue weighted by molar-refractivity contribution is -0.386. The number of nitrogens with zero attached hydrogens (tertiary/aromatic N) is 10. The number of carbonyl (C=O) groups is 2. The third kappa shape index (κ3) is 21.9. The highest BCUT2D eigenvalue weighted by Crippen LogP contribution is 2.48. The molecule has 0 bridgehead atoms. The van der Waals surface area contributed by atoms with Crippen molar-refractivity contribution in [3.63, 3.8) is 0 Å². The van der Waals surface area contributed by atoms with Crippen LogP contribution >= 0.6 is 23.2 Å². The summed E-state index contributed by atoms with van der Waals surface area (Å²) in [5.74, 6) is 0.908. The van der Waals surface area contributed by atoms with Crippen LogP contribution in [0.15, 0.2) is 188 Å². The zero-order valence-electron chi connectivity index (χ0n) is 74.2.